The van der Waals surface area contributed by atoms with Crippen LogP contribution in [0.3, 0.4) is 0 Å². The minimum absolute atomic E-state index is 0.00487. The van der Waals surface area contributed by atoms with Gasteiger partial charge in [-0.1, -0.05) is 24.4 Å². The lowest BCUT2D eigenvalue weighted by molar-refractivity contribution is -0.122. The Hall–Kier alpha value is -2.32. The molecule has 0 radical (unpaired) electrons. The number of amides is 1. The van der Waals surface area contributed by atoms with E-state index in [0.29, 0.717) is 36.7 Å². The molecule has 2 heterocycles. The van der Waals surface area contributed by atoms with Gasteiger partial charge in [-0.25, -0.2) is 4.39 Å². The number of morpholine rings is 1. The number of carbonyl (C=O) groups excluding carboxylic acids is 1. The van der Waals surface area contributed by atoms with Crippen LogP contribution < -0.4 is 5.32 Å². The van der Waals surface area contributed by atoms with Crippen molar-refractivity contribution in [2.75, 3.05) is 32.8 Å². The summed E-state index contributed by atoms with van der Waals surface area (Å²) < 4.78 is 23.8. The predicted molar refractivity (Wildman–Crippen MR) is 109 cm³/mol. The molecule has 1 amide bonds. The third kappa shape index (κ3) is 5.05. The number of halogens is 1. The summed E-state index contributed by atoms with van der Waals surface area (Å²) >= 11 is 0. The Morgan fingerprint density at radius 2 is 1.87 bits per heavy atom. The van der Waals surface area contributed by atoms with Crippen molar-refractivity contribution in [3.63, 3.8) is 0 Å². The number of ether oxygens (including phenoxy) is 1. The van der Waals surface area contributed by atoms with Gasteiger partial charge in [0.25, 0.3) is 0 Å². The quantitative estimate of drug-likeness (QED) is 0.748. The molecule has 30 heavy (non-hydrogen) atoms. The fourth-order valence-electron chi connectivity index (χ4n) is 4.50. The Kier molecular flexibility index (Phi) is 6.74. The average Bonchev–Trinajstić information content (AvgIpc) is 3.27. The zero-order valence-electron chi connectivity index (χ0n) is 17.2. The summed E-state index contributed by atoms with van der Waals surface area (Å²) in [6, 6.07) is 5.92. The SMILES string of the molecule is O=C(CCc1nc(-c2ccc(F)cc2)no1)NCC1(N2CCOCC2)CCCCC1. The number of rotatable bonds is 7. The lowest BCUT2D eigenvalue weighted by Crippen LogP contribution is -2.59. The zero-order valence-corrected chi connectivity index (χ0v) is 17.2. The summed E-state index contributed by atoms with van der Waals surface area (Å²) in [6.07, 6.45) is 6.61. The normalized spacial score (nSPS) is 19.5. The highest BCUT2D eigenvalue weighted by atomic mass is 19.1. The lowest BCUT2D eigenvalue weighted by Gasteiger charge is -2.48. The molecule has 4 rings (SSSR count). The zero-order chi connectivity index (χ0) is 20.8. The van der Waals surface area contributed by atoms with Gasteiger partial charge in [-0.3, -0.25) is 9.69 Å². The molecule has 1 aliphatic carbocycles. The number of nitrogens with one attached hydrogen (secondary N) is 1. The van der Waals surface area contributed by atoms with E-state index in [1.165, 1.54) is 31.4 Å². The summed E-state index contributed by atoms with van der Waals surface area (Å²) in [4.78, 5) is 19.3. The molecule has 1 N–H and O–H groups in total. The Morgan fingerprint density at radius 1 is 1.13 bits per heavy atom. The fraction of sp³-hybridized carbons (Fsp3) is 0.591. The molecule has 1 aromatic carbocycles. The Morgan fingerprint density at radius 3 is 2.60 bits per heavy atom. The van der Waals surface area contributed by atoms with Crippen molar-refractivity contribution in [1.29, 1.82) is 0 Å². The van der Waals surface area contributed by atoms with Crippen LogP contribution in [0.5, 0.6) is 0 Å². The molecule has 2 fully saturated rings. The van der Waals surface area contributed by atoms with Crippen molar-refractivity contribution in [1.82, 2.24) is 20.4 Å². The van der Waals surface area contributed by atoms with E-state index in [1.807, 2.05) is 0 Å². The number of aromatic nitrogens is 2. The van der Waals surface area contributed by atoms with E-state index >= 15 is 0 Å². The third-order valence-corrected chi connectivity index (χ3v) is 6.22. The van der Waals surface area contributed by atoms with Crippen molar-refractivity contribution in [3.8, 4) is 11.4 Å². The van der Waals surface area contributed by atoms with Crippen LogP contribution in [0, 0.1) is 5.82 Å². The first-order chi connectivity index (χ1) is 14.6. The summed E-state index contributed by atoms with van der Waals surface area (Å²) in [5, 5.41) is 7.08. The van der Waals surface area contributed by atoms with Gasteiger partial charge in [-0.05, 0) is 37.1 Å². The van der Waals surface area contributed by atoms with Crippen LogP contribution in [0.2, 0.25) is 0 Å². The maximum atomic E-state index is 13.1. The van der Waals surface area contributed by atoms with Gasteiger partial charge in [0.15, 0.2) is 0 Å². The smallest absolute Gasteiger partial charge is 0.227 e. The molecule has 0 unspecified atom stereocenters. The van der Waals surface area contributed by atoms with Gasteiger partial charge in [0.1, 0.15) is 5.82 Å². The second-order valence-electron chi connectivity index (χ2n) is 8.18. The molecular formula is C22H29FN4O3. The van der Waals surface area contributed by atoms with E-state index in [-0.39, 0.29) is 17.3 Å². The molecular weight excluding hydrogens is 387 g/mol. The average molecular weight is 416 g/mol. The standard InChI is InChI=1S/C22H29FN4O3/c23-18-6-4-17(5-7-18)21-25-20(30-26-21)9-8-19(28)24-16-22(10-2-1-3-11-22)27-12-14-29-15-13-27/h4-7H,1-3,8-16H2,(H,24,28). The van der Waals surface area contributed by atoms with E-state index in [2.05, 4.69) is 20.4 Å². The summed E-state index contributed by atoms with van der Waals surface area (Å²) in [5.74, 6) is 0.491. The molecule has 0 spiro atoms. The van der Waals surface area contributed by atoms with Crippen LogP contribution in [0.15, 0.2) is 28.8 Å². The van der Waals surface area contributed by atoms with E-state index in [1.54, 1.807) is 12.1 Å². The van der Waals surface area contributed by atoms with Gasteiger partial charge in [0.2, 0.25) is 17.6 Å². The second-order valence-corrected chi connectivity index (χ2v) is 8.18. The van der Waals surface area contributed by atoms with Crippen LogP contribution in [-0.2, 0) is 16.0 Å². The number of nitrogens with zero attached hydrogens (tertiary/aromatic N) is 3. The van der Waals surface area contributed by atoms with Gasteiger partial charge in [-0.15, -0.1) is 0 Å². The summed E-state index contributed by atoms with van der Waals surface area (Å²) in [7, 11) is 0. The molecule has 0 atom stereocenters. The van der Waals surface area contributed by atoms with Crippen molar-refractivity contribution in [2.24, 2.45) is 0 Å². The monoisotopic (exact) mass is 416 g/mol. The minimum Gasteiger partial charge on any atom is -0.379 e. The topological polar surface area (TPSA) is 80.5 Å². The molecule has 8 heteroatoms. The van der Waals surface area contributed by atoms with Gasteiger partial charge in [-0.2, -0.15) is 4.98 Å². The molecule has 0 bridgehead atoms. The van der Waals surface area contributed by atoms with Gasteiger partial charge in [0.05, 0.1) is 13.2 Å². The van der Waals surface area contributed by atoms with Crippen LogP contribution in [0.1, 0.15) is 44.4 Å². The van der Waals surface area contributed by atoms with Crippen LogP contribution in [0.25, 0.3) is 11.4 Å². The summed E-state index contributed by atoms with van der Waals surface area (Å²) in [5.41, 5.74) is 0.735. The number of benzene rings is 1. The molecule has 2 aliphatic rings. The number of carbonyl (C=O) groups is 1. The molecule has 1 saturated heterocycles. The van der Waals surface area contributed by atoms with Crippen LogP contribution >= 0.6 is 0 Å². The Labute approximate surface area is 176 Å². The lowest BCUT2D eigenvalue weighted by atomic mass is 9.79. The van der Waals surface area contributed by atoms with Crippen LogP contribution in [-0.4, -0.2) is 59.3 Å². The first-order valence-corrected chi connectivity index (χ1v) is 10.8. The molecule has 162 valence electrons. The van der Waals surface area contributed by atoms with E-state index in [0.717, 1.165) is 39.1 Å². The van der Waals surface area contributed by atoms with Gasteiger partial charge < -0.3 is 14.6 Å². The minimum atomic E-state index is -0.313. The van der Waals surface area contributed by atoms with E-state index < -0.39 is 0 Å². The first kappa shape index (κ1) is 20.9. The van der Waals surface area contributed by atoms with Crippen molar-refractivity contribution >= 4 is 5.91 Å². The van der Waals surface area contributed by atoms with Crippen molar-refractivity contribution in [3.05, 3.63) is 36.0 Å². The fourth-order valence-corrected chi connectivity index (χ4v) is 4.50. The van der Waals surface area contributed by atoms with Gasteiger partial charge in [0, 0.05) is 43.6 Å². The number of aryl methyl sites for hydroxylation is 1. The molecule has 2 aromatic rings. The van der Waals surface area contributed by atoms with Crippen LogP contribution in [0.4, 0.5) is 4.39 Å². The second kappa shape index (κ2) is 9.66. The summed E-state index contributed by atoms with van der Waals surface area (Å²) in [6.45, 7) is 4.08. The van der Waals surface area contributed by atoms with Crippen molar-refractivity contribution in [2.45, 2.75) is 50.5 Å². The van der Waals surface area contributed by atoms with Gasteiger partial charge >= 0.3 is 0 Å². The third-order valence-electron chi connectivity index (χ3n) is 6.22. The van der Waals surface area contributed by atoms with Crippen molar-refractivity contribution < 1.29 is 18.4 Å². The highest BCUT2D eigenvalue weighted by Crippen LogP contribution is 2.33. The van der Waals surface area contributed by atoms with E-state index in [9.17, 15) is 9.18 Å². The number of hydrogen-bond donors (Lipinski definition) is 1. The highest BCUT2D eigenvalue weighted by molar-refractivity contribution is 5.76. The Balaban J connectivity index is 1.29. The maximum Gasteiger partial charge on any atom is 0.227 e. The molecule has 7 nitrogen and oxygen atoms in total. The van der Waals surface area contributed by atoms with E-state index in [4.69, 9.17) is 9.26 Å². The molecule has 1 aromatic heterocycles. The molecule has 1 saturated carbocycles. The predicted octanol–water partition coefficient (Wildman–Crippen LogP) is 2.96. The maximum absolute atomic E-state index is 13.1. The Bertz CT molecular complexity index is 827. The highest BCUT2D eigenvalue weighted by Gasteiger charge is 2.38. The first-order valence-electron chi connectivity index (χ1n) is 10.8. The largest absolute Gasteiger partial charge is 0.379 e. The number of hydrogen-bond acceptors (Lipinski definition) is 6. The molecule has 1 aliphatic heterocycles.